The number of hydrogen-bond acceptors (Lipinski definition) is 6. The van der Waals surface area contributed by atoms with E-state index < -0.39 is 0 Å². The molecule has 0 spiro atoms. The van der Waals surface area contributed by atoms with Crippen LogP contribution in [0.1, 0.15) is 19.3 Å². The molecule has 2 saturated heterocycles. The Balaban J connectivity index is 1.27. The molecule has 0 bridgehead atoms. The van der Waals surface area contributed by atoms with E-state index in [0.717, 1.165) is 71.1 Å². The molecule has 3 heterocycles. The number of nitrogens with one attached hydrogen (secondary N) is 2. The Labute approximate surface area is 148 Å². The number of ether oxygens (including phenoxy) is 1. The lowest BCUT2D eigenvalue weighted by Gasteiger charge is -2.32. The van der Waals surface area contributed by atoms with Crippen LogP contribution in [0.4, 0.5) is 10.7 Å². The summed E-state index contributed by atoms with van der Waals surface area (Å²) in [5.41, 5.74) is 0. The van der Waals surface area contributed by atoms with Crippen LogP contribution in [0, 0.1) is 0 Å². The molecule has 2 aliphatic heterocycles. The Hall–Kier alpha value is -1.93. The number of nitrogens with zero attached hydrogens (tertiary/aromatic N) is 4. The van der Waals surface area contributed by atoms with E-state index in [1.807, 2.05) is 6.07 Å². The second-order valence-electron chi connectivity index (χ2n) is 6.52. The zero-order valence-corrected chi connectivity index (χ0v) is 14.7. The fourth-order valence-corrected chi connectivity index (χ4v) is 3.24. The first-order chi connectivity index (χ1) is 12.3. The number of carbonyl (C=O) groups excluding carboxylic acids is 1. The largest absolute Gasteiger partial charge is 0.379 e. The third-order valence-electron chi connectivity index (χ3n) is 4.71. The highest BCUT2D eigenvalue weighted by Crippen LogP contribution is 2.15. The van der Waals surface area contributed by atoms with Crippen molar-refractivity contribution in [1.29, 1.82) is 0 Å². The maximum Gasteiger partial charge on any atom is 0.315 e. The first-order valence-corrected chi connectivity index (χ1v) is 9.18. The van der Waals surface area contributed by atoms with Crippen molar-refractivity contribution in [3.8, 4) is 0 Å². The maximum absolute atomic E-state index is 12.0. The molecule has 0 aromatic carbocycles. The molecule has 8 heteroatoms. The van der Waals surface area contributed by atoms with Crippen LogP contribution in [0.2, 0.25) is 0 Å². The van der Waals surface area contributed by atoms with Crippen LogP contribution in [0.25, 0.3) is 0 Å². The molecule has 1 aromatic heterocycles. The number of urea groups is 1. The smallest absolute Gasteiger partial charge is 0.315 e. The Bertz CT molecular complexity index is 515. The molecule has 0 atom stereocenters. The van der Waals surface area contributed by atoms with E-state index in [9.17, 15) is 4.79 Å². The lowest BCUT2D eigenvalue weighted by molar-refractivity contribution is 0.0375. The lowest BCUT2D eigenvalue weighted by Crippen LogP contribution is -2.48. The van der Waals surface area contributed by atoms with Crippen LogP contribution in [0.5, 0.6) is 0 Å². The SMILES string of the molecule is O=C(NCCCN1CCOCC1)NC1CCN(c2ncccn2)CC1. The molecule has 0 unspecified atom stereocenters. The van der Waals surface area contributed by atoms with Crippen LogP contribution in [0.3, 0.4) is 0 Å². The number of piperidine rings is 1. The van der Waals surface area contributed by atoms with Gasteiger partial charge in [0, 0.05) is 51.2 Å². The van der Waals surface area contributed by atoms with E-state index in [4.69, 9.17) is 4.74 Å². The van der Waals surface area contributed by atoms with E-state index in [1.54, 1.807) is 12.4 Å². The highest BCUT2D eigenvalue weighted by Gasteiger charge is 2.21. The number of morpholine rings is 1. The standard InChI is InChI=1S/C17H28N6O2/c24-17(20-7-2-8-22-11-13-25-14-12-22)21-15-3-9-23(10-4-15)16-18-5-1-6-19-16/h1,5-6,15H,2-4,7-14H2,(H2,20,21,24). The average Bonchev–Trinajstić information content (AvgIpc) is 2.67. The highest BCUT2D eigenvalue weighted by atomic mass is 16.5. The van der Waals surface area contributed by atoms with Gasteiger partial charge in [-0.3, -0.25) is 4.90 Å². The topological polar surface area (TPSA) is 82.6 Å². The van der Waals surface area contributed by atoms with Gasteiger partial charge < -0.3 is 20.3 Å². The Morgan fingerprint density at radius 3 is 2.60 bits per heavy atom. The summed E-state index contributed by atoms with van der Waals surface area (Å²) in [5.74, 6) is 0.772. The van der Waals surface area contributed by atoms with E-state index >= 15 is 0 Å². The van der Waals surface area contributed by atoms with Gasteiger partial charge in [0.1, 0.15) is 0 Å². The Morgan fingerprint density at radius 2 is 1.88 bits per heavy atom. The number of amides is 2. The molecular weight excluding hydrogens is 320 g/mol. The third-order valence-corrected chi connectivity index (χ3v) is 4.71. The van der Waals surface area contributed by atoms with Crippen LogP contribution in [-0.4, -0.2) is 79.4 Å². The van der Waals surface area contributed by atoms with Crippen LogP contribution < -0.4 is 15.5 Å². The lowest BCUT2D eigenvalue weighted by atomic mass is 10.1. The van der Waals surface area contributed by atoms with Crippen molar-refractivity contribution in [3.05, 3.63) is 18.5 Å². The summed E-state index contributed by atoms with van der Waals surface area (Å²) in [7, 11) is 0. The van der Waals surface area contributed by atoms with Crippen molar-refractivity contribution in [2.24, 2.45) is 0 Å². The van der Waals surface area contributed by atoms with Gasteiger partial charge in [-0.1, -0.05) is 0 Å². The fraction of sp³-hybridized carbons (Fsp3) is 0.706. The first kappa shape index (κ1) is 17.9. The Kier molecular flexibility index (Phi) is 6.81. The zero-order chi connectivity index (χ0) is 17.3. The van der Waals surface area contributed by atoms with Crippen molar-refractivity contribution in [2.45, 2.75) is 25.3 Å². The number of anilines is 1. The predicted octanol–water partition coefficient (Wildman–Crippen LogP) is 0.467. The van der Waals surface area contributed by atoms with Crippen molar-refractivity contribution in [2.75, 3.05) is 57.4 Å². The van der Waals surface area contributed by atoms with E-state index in [2.05, 4.69) is 30.4 Å². The first-order valence-electron chi connectivity index (χ1n) is 9.18. The van der Waals surface area contributed by atoms with E-state index in [-0.39, 0.29) is 12.1 Å². The van der Waals surface area contributed by atoms with Gasteiger partial charge in [-0.25, -0.2) is 14.8 Å². The quantitative estimate of drug-likeness (QED) is 0.727. The monoisotopic (exact) mass is 348 g/mol. The molecule has 2 fully saturated rings. The van der Waals surface area contributed by atoms with Crippen molar-refractivity contribution >= 4 is 12.0 Å². The van der Waals surface area contributed by atoms with E-state index in [0.29, 0.717) is 6.54 Å². The molecule has 0 aliphatic carbocycles. The normalized spacial score (nSPS) is 19.6. The van der Waals surface area contributed by atoms with Crippen molar-refractivity contribution in [3.63, 3.8) is 0 Å². The van der Waals surface area contributed by atoms with Gasteiger partial charge in [-0.05, 0) is 31.9 Å². The molecular formula is C17H28N6O2. The summed E-state index contributed by atoms with van der Waals surface area (Å²) in [6.45, 7) is 7.09. The summed E-state index contributed by atoms with van der Waals surface area (Å²) in [6, 6.07) is 1.98. The minimum absolute atomic E-state index is 0.0589. The number of hydrogen-bond donors (Lipinski definition) is 2. The summed E-state index contributed by atoms with van der Waals surface area (Å²) in [6.07, 6.45) is 6.32. The molecule has 3 rings (SSSR count). The van der Waals surface area contributed by atoms with Crippen LogP contribution in [0.15, 0.2) is 18.5 Å². The average molecular weight is 348 g/mol. The minimum atomic E-state index is -0.0589. The third kappa shape index (κ3) is 5.82. The Morgan fingerprint density at radius 1 is 1.16 bits per heavy atom. The molecule has 25 heavy (non-hydrogen) atoms. The van der Waals surface area contributed by atoms with E-state index in [1.165, 1.54) is 0 Å². The molecule has 138 valence electrons. The van der Waals surface area contributed by atoms with Gasteiger partial charge in [-0.15, -0.1) is 0 Å². The zero-order valence-electron chi connectivity index (χ0n) is 14.7. The molecule has 0 radical (unpaired) electrons. The van der Waals surface area contributed by atoms with Crippen LogP contribution >= 0.6 is 0 Å². The molecule has 0 saturated carbocycles. The van der Waals surface area contributed by atoms with Crippen molar-refractivity contribution in [1.82, 2.24) is 25.5 Å². The minimum Gasteiger partial charge on any atom is -0.379 e. The molecule has 2 aliphatic rings. The molecule has 1 aromatic rings. The summed E-state index contributed by atoms with van der Waals surface area (Å²) < 4.78 is 5.33. The van der Waals surface area contributed by atoms with Gasteiger partial charge in [0.05, 0.1) is 13.2 Å². The molecule has 2 N–H and O–H groups in total. The number of rotatable bonds is 6. The summed E-state index contributed by atoms with van der Waals surface area (Å²) in [5, 5.41) is 6.04. The van der Waals surface area contributed by atoms with Gasteiger partial charge in [0.15, 0.2) is 0 Å². The van der Waals surface area contributed by atoms with Gasteiger partial charge in [0.25, 0.3) is 0 Å². The maximum atomic E-state index is 12.0. The molecule has 8 nitrogen and oxygen atoms in total. The predicted molar refractivity (Wildman–Crippen MR) is 95.7 cm³/mol. The van der Waals surface area contributed by atoms with Crippen molar-refractivity contribution < 1.29 is 9.53 Å². The summed E-state index contributed by atoms with van der Waals surface area (Å²) >= 11 is 0. The number of carbonyl (C=O) groups is 1. The van der Waals surface area contributed by atoms with Crippen LogP contribution in [-0.2, 0) is 4.74 Å². The fourth-order valence-electron chi connectivity index (χ4n) is 3.24. The highest BCUT2D eigenvalue weighted by molar-refractivity contribution is 5.74. The van der Waals surface area contributed by atoms with Gasteiger partial charge in [-0.2, -0.15) is 0 Å². The second-order valence-corrected chi connectivity index (χ2v) is 6.52. The number of aromatic nitrogens is 2. The second kappa shape index (κ2) is 9.53. The van der Waals surface area contributed by atoms with Gasteiger partial charge in [0.2, 0.25) is 5.95 Å². The van der Waals surface area contributed by atoms with Gasteiger partial charge >= 0.3 is 6.03 Å². The molecule has 2 amide bonds. The summed E-state index contributed by atoms with van der Waals surface area (Å²) in [4.78, 5) is 25.1.